The van der Waals surface area contributed by atoms with Crippen LogP contribution in [-0.2, 0) is 16.2 Å². The fraction of sp³-hybridized carbons (Fsp3) is 0.500. The lowest BCUT2D eigenvalue weighted by Gasteiger charge is -2.21. The van der Waals surface area contributed by atoms with Crippen molar-refractivity contribution in [2.24, 2.45) is 0 Å². The second-order valence-electron chi connectivity index (χ2n) is 10.9. The molecule has 0 radical (unpaired) electrons. The van der Waals surface area contributed by atoms with Crippen molar-refractivity contribution in [2.75, 3.05) is 13.2 Å². The monoisotopic (exact) mass is 576 g/mol. The van der Waals surface area contributed by atoms with E-state index in [-0.39, 0.29) is 0 Å². The zero-order valence-electron chi connectivity index (χ0n) is 22.0. The van der Waals surface area contributed by atoms with Crippen LogP contribution in [-0.4, -0.2) is 47.5 Å². The Morgan fingerprint density at radius 1 is 1.22 bits per heavy atom. The Balaban J connectivity index is 1.73. The molecule has 36 heavy (non-hydrogen) atoms. The molecule has 3 heterocycles. The Labute approximate surface area is 222 Å². The Hall–Kier alpha value is -2.43. The lowest BCUT2D eigenvalue weighted by atomic mass is 10.1. The number of aromatic nitrogens is 3. The molecule has 1 amide bonds. The minimum atomic E-state index is -1.15. The first-order valence-corrected chi connectivity index (χ1v) is 16.7. The second kappa shape index (κ2) is 12.2. The lowest BCUT2D eigenvalue weighted by Crippen LogP contribution is -2.33. The van der Waals surface area contributed by atoms with Crippen molar-refractivity contribution >= 4 is 41.1 Å². The average molecular weight is 578 g/mol. The second-order valence-corrected chi connectivity index (χ2v) is 17.4. The first-order chi connectivity index (χ1) is 16.9. The van der Waals surface area contributed by atoms with Gasteiger partial charge < -0.3 is 24.1 Å². The van der Waals surface area contributed by atoms with E-state index in [4.69, 9.17) is 19.2 Å². The maximum Gasteiger partial charge on any atom is 0.407 e. The number of carbonyl (C=O) groups excluding carboxylic acids is 1. The van der Waals surface area contributed by atoms with Gasteiger partial charge in [0.05, 0.1) is 10.2 Å². The molecule has 0 aliphatic rings. The molecule has 0 fully saturated rings. The number of carbonyl (C=O) groups is 1. The molecule has 0 saturated carbocycles. The number of alkyl carbamates (subject to hydrolysis) is 1. The summed E-state index contributed by atoms with van der Waals surface area (Å²) < 4.78 is 20.4. The standard InChI is InChI=1S/C26H37BrN4O4Si/c1-26(2,3)35-25(32)29-13-10-22(21-9-7-8-12-28-21)34-24-20(27)17-19-11-14-31(23(19)30-24)18-33-15-16-36(4,5)6/h7-9,11-12,14,17,22H,10,13,15-16,18H2,1-6H3,(H,29,32). The van der Waals surface area contributed by atoms with E-state index in [1.54, 1.807) is 6.20 Å². The molecule has 0 saturated heterocycles. The number of rotatable bonds is 11. The minimum Gasteiger partial charge on any atom is -0.467 e. The zero-order valence-corrected chi connectivity index (χ0v) is 24.6. The van der Waals surface area contributed by atoms with Crippen LogP contribution in [0.25, 0.3) is 11.0 Å². The van der Waals surface area contributed by atoms with Crippen molar-refractivity contribution in [3.05, 3.63) is 52.9 Å². The van der Waals surface area contributed by atoms with E-state index in [1.807, 2.05) is 61.9 Å². The van der Waals surface area contributed by atoms with Crippen LogP contribution in [0.3, 0.4) is 0 Å². The van der Waals surface area contributed by atoms with Crippen LogP contribution in [0.15, 0.2) is 47.2 Å². The Bertz CT molecular complexity index is 1140. The summed E-state index contributed by atoms with van der Waals surface area (Å²) in [5, 5.41) is 3.78. The summed E-state index contributed by atoms with van der Waals surface area (Å²) >= 11 is 3.60. The fourth-order valence-electron chi connectivity index (χ4n) is 3.39. The molecule has 8 nitrogen and oxygen atoms in total. The van der Waals surface area contributed by atoms with Crippen molar-refractivity contribution in [3.8, 4) is 5.88 Å². The van der Waals surface area contributed by atoms with E-state index in [0.29, 0.717) is 25.6 Å². The van der Waals surface area contributed by atoms with Gasteiger partial charge in [-0.05, 0) is 67.0 Å². The van der Waals surface area contributed by atoms with Crippen molar-refractivity contribution in [3.63, 3.8) is 0 Å². The number of hydrogen-bond donors (Lipinski definition) is 1. The van der Waals surface area contributed by atoms with Crippen LogP contribution in [0.2, 0.25) is 25.7 Å². The van der Waals surface area contributed by atoms with Gasteiger partial charge >= 0.3 is 6.09 Å². The maximum atomic E-state index is 12.1. The van der Waals surface area contributed by atoms with Crippen molar-refractivity contribution in [1.29, 1.82) is 0 Å². The van der Waals surface area contributed by atoms with Crippen LogP contribution >= 0.6 is 15.9 Å². The van der Waals surface area contributed by atoms with E-state index in [9.17, 15) is 4.79 Å². The predicted octanol–water partition coefficient (Wildman–Crippen LogP) is 6.54. The number of nitrogens with zero attached hydrogens (tertiary/aromatic N) is 3. The predicted molar refractivity (Wildman–Crippen MR) is 148 cm³/mol. The summed E-state index contributed by atoms with van der Waals surface area (Å²) in [5.41, 5.74) is 0.980. The molecule has 3 aromatic rings. The first-order valence-electron chi connectivity index (χ1n) is 12.2. The van der Waals surface area contributed by atoms with E-state index in [0.717, 1.165) is 33.9 Å². The maximum absolute atomic E-state index is 12.1. The summed E-state index contributed by atoms with van der Waals surface area (Å²) in [7, 11) is -1.15. The van der Waals surface area contributed by atoms with Crippen LogP contribution in [0.1, 0.15) is 39.0 Å². The van der Waals surface area contributed by atoms with Gasteiger partial charge in [-0.2, -0.15) is 4.98 Å². The van der Waals surface area contributed by atoms with Gasteiger partial charge in [-0.25, -0.2) is 4.79 Å². The molecular formula is C26H37BrN4O4Si. The van der Waals surface area contributed by atoms with Crippen molar-refractivity contribution in [1.82, 2.24) is 19.9 Å². The number of hydrogen-bond acceptors (Lipinski definition) is 6. The van der Waals surface area contributed by atoms with Crippen LogP contribution in [0.4, 0.5) is 4.79 Å². The third kappa shape index (κ3) is 8.90. The number of pyridine rings is 2. The average Bonchev–Trinajstić information content (AvgIpc) is 3.16. The summed E-state index contributed by atoms with van der Waals surface area (Å²) in [6.45, 7) is 14.0. The van der Waals surface area contributed by atoms with Gasteiger partial charge in [0.15, 0.2) is 0 Å². The molecule has 10 heteroatoms. The Morgan fingerprint density at radius 3 is 2.67 bits per heavy atom. The number of fused-ring (bicyclic) bond motifs is 1. The van der Waals surface area contributed by atoms with Gasteiger partial charge in [-0.1, -0.05) is 25.7 Å². The van der Waals surface area contributed by atoms with Crippen molar-refractivity contribution < 1.29 is 19.0 Å². The number of halogens is 1. The molecule has 0 bridgehead atoms. The van der Waals surface area contributed by atoms with Gasteiger partial charge in [0, 0.05) is 45.4 Å². The molecule has 0 aliphatic heterocycles. The number of ether oxygens (including phenoxy) is 3. The molecule has 196 valence electrons. The summed E-state index contributed by atoms with van der Waals surface area (Å²) in [4.78, 5) is 21.4. The van der Waals surface area contributed by atoms with E-state index < -0.39 is 25.9 Å². The normalized spacial score (nSPS) is 13.0. The van der Waals surface area contributed by atoms with Crippen LogP contribution < -0.4 is 10.1 Å². The smallest absolute Gasteiger partial charge is 0.407 e. The summed E-state index contributed by atoms with van der Waals surface area (Å²) in [5.74, 6) is 0.456. The van der Waals surface area contributed by atoms with Crippen LogP contribution in [0, 0.1) is 0 Å². The van der Waals surface area contributed by atoms with E-state index in [1.165, 1.54) is 0 Å². The molecule has 1 N–H and O–H groups in total. The largest absolute Gasteiger partial charge is 0.467 e. The first kappa shape index (κ1) is 28.1. The SMILES string of the molecule is CC(C)(C)OC(=O)NCCC(Oc1nc2c(ccn2COCC[Si](C)(C)C)cc1Br)c1ccccn1. The van der Waals surface area contributed by atoms with Crippen LogP contribution in [0.5, 0.6) is 5.88 Å². The van der Waals surface area contributed by atoms with Gasteiger partial charge in [-0.15, -0.1) is 0 Å². The molecule has 3 aromatic heterocycles. The summed E-state index contributed by atoms with van der Waals surface area (Å²) in [6.07, 6.45) is 3.31. The highest BCUT2D eigenvalue weighted by Gasteiger charge is 2.21. The quantitative estimate of drug-likeness (QED) is 0.206. The number of nitrogens with one attached hydrogen (secondary N) is 1. The molecule has 0 aromatic carbocycles. The van der Waals surface area contributed by atoms with Crippen molar-refractivity contribution in [2.45, 2.75) is 71.3 Å². The molecular weight excluding hydrogens is 540 g/mol. The molecule has 0 spiro atoms. The topological polar surface area (TPSA) is 87.5 Å². The van der Waals surface area contributed by atoms with Gasteiger partial charge in [-0.3, -0.25) is 4.98 Å². The minimum absolute atomic E-state index is 0.358. The molecule has 1 atom stereocenters. The number of amides is 1. The zero-order chi connectivity index (χ0) is 26.3. The van der Waals surface area contributed by atoms with E-state index >= 15 is 0 Å². The Morgan fingerprint density at radius 2 is 2.00 bits per heavy atom. The molecule has 3 rings (SSSR count). The highest BCUT2D eigenvalue weighted by molar-refractivity contribution is 9.10. The van der Waals surface area contributed by atoms with E-state index in [2.05, 4.69) is 45.9 Å². The Kier molecular flexibility index (Phi) is 9.54. The van der Waals surface area contributed by atoms with Gasteiger partial charge in [0.2, 0.25) is 5.88 Å². The lowest BCUT2D eigenvalue weighted by molar-refractivity contribution is 0.0519. The fourth-order valence-corrected chi connectivity index (χ4v) is 4.57. The highest BCUT2D eigenvalue weighted by Crippen LogP contribution is 2.32. The molecule has 0 aliphatic carbocycles. The van der Waals surface area contributed by atoms with Gasteiger partial charge in [0.1, 0.15) is 24.1 Å². The third-order valence-corrected chi connectivity index (χ3v) is 7.50. The highest BCUT2D eigenvalue weighted by atomic mass is 79.9. The molecule has 1 unspecified atom stereocenters. The summed E-state index contributed by atoms with van der Waals surface area (Å²) in [6, 6.07) is 10.8. The third-order valence-electron chi connectivity index (χ3n) is 5.23. The van der Waals surface area contributed by atoms with Gasteiger partial charge in [0.25, 0.3) is 0 Å².